The molecule has 2 heterocycles. The van der Waals surface area contributed by atoms with Gasteiger partial charge in [-0.2, -0.15) is 0 Å². The highest BCUT2D eigenvalue weighted by atomic mass is 35.5. The fourth-order valence-corrected chi connectivity index (χ4v) is 4.88. The summed E-state index contributed by atoms with van der Waals surface area (Å²) in [4.78, 5) is 38.4. The number of anilines is 3. The molecule has 1 aliphatic heterocycles. The predicted molar refractivity (Wildman–Crippen MR) is 161 cm³/mol. The molecule has 10 heteroatoms. The maximum atomic E-state index is 14.8. The number of aromatic nitrogens is 2. The van der Waals surface area contributed by atoms with Crippen molar-refractivity contribution >= 4 is 46.5 Å². The van der Waals surface area contributed by atoms with Gasteiger partial charge in [-0.05, 0) is 60.7 Å². The Bertz CT molecular complexity index is 1890. The topological polar surface area (TPSA) is 122 Å². The van der Waals surface area contributed by atoms with Crippen molar-refractivity contribution in [2.75, 3.05) is 10.6 Å². The number of halogens is 2. The summed E-state index contributed by atoms with van der Waals surface area (Å²) in [6, 6.07) is 25.1. The van der Waals surface area contributed by atoms with E-state index in [1.165, 1.54) is 6.07 Å². The number of hydrogen-bond acceptors (Lipinski definition) is 6. The van der Waals surface area contributed by atoms with Crippen molar-refractivity contribution in [1.29, 1.82) is 0 Å². The van der Waals surface area contributed by atoms with Crippen LogP contribution in [0, 0.1) is 5.82 Å². The second-order valence-corrected chi connectivity index (χ2v) is 9.90. The van der Waals surface area contributed by atoms with Crippen molar-refractivity contribution in [1.82, 2.24) is 9.97 Å². The van der Waals surface area contributed by atoms with Crippen molar-refractivity contribution < 1.29 is 14.0 Å². The number of benzene rings is 4. The number of amides is 2. The minimum Gasteiger partial charge on any atom is -0.366 e. The number of aliphatic imine (C=N–C) groups is 1. The molecule has 5 aromatic rings. The molecule has 0 atom stereocenters. The first-order valence-electron chi connectivity index (χ1n) is 12.9. The van der Waals surface area contributed by atoms with E-state index < -0.39 is 11.8 Å². The number of nitrogens with zero attached hydrogens (tertiary/aromatic N) is 3. The Morgan fingerprint density at radius 3 is 2.43 bits per heavy atom. The van der Waals surface area contributed by atoms with Crippen molar-refractivity contribution in [3.05, 3.63) is 136 Å². The van der Waals surface area contributed by atoms with Crippen LogP contribution in [0.3, 0.4) is 0 Å². The summed E-state index contributed by atoms with van der Waals surface area (Å²) in [7, 11) is 0. The Kier molecular flexibility index (Phi) is 7.16. The monoisotopic (exact) mass is 576 g/mol. The van der Waals surface area contributed by atoms with E-state index in [-0.39, 0.29) is 17.9 Å². The average Bonchev–Trinajstić information content (AvgIpc) is 3.14. The molecule has 6 rings (SSSR count). The number of carbonyl (C=O) groups excluding carboxylic acids is 2. The Balaban J connectivity index is 1.26. The SMILES string of the molecule is NC(=O)c1ccccc1NC(=O)c1ccc(Nc2ncc3c(n2)-c2ccc(Cl)cc2C(c2ccccc2F)=NC3)cc1. The molecule has 1 aliphatic rings. The van der Waals surface area contributed by atoms with Gasteiger partial charge in [-0.15, -0.1) is 0 Å². The molecule has 4 aromatic carbocycles. The zero-order valence-corrected chi connectivity index (χ0v) is 22.7. The summed E-state index contributed by atoms with van der Waals surface area (Å²) in [5.41, 5.74) is 10.7. The molecule has 2 amide bonds. The van der Waals surface area contributed by atoms with Crippen LogP contribution < -0.4 is 16.4 Å². The fourth-order valence-electron chi connectivity index (χ4n) is 4.70. The van der Waals surface area contributed by atoms with Gasteiger partial charge >= 0.3 is 0 Å². The van der Waals surface area contributed by atoms with Gasteiger partial charge in [-0.25, -0.2) is 14.4 Å². The van der Waals surface area contributed by atoms with Gasteiger partial charge < -0.3 is 16.4 Å². The smallest absolute Gasteiger partial charge is 0.255 e. The summed E-state index contributed by atoms with van der Waals surface area (Å²) < 4.78 is 14.8. The van der Waals surface area contributed by atoms with Gasteiger partial charge in [-0.3, -0.25) is 14.6 Å². The summed E-state index contributed by atoms with van der Waals surface area (Å²) in [6.45, 7) is 0.258. The molecule has 0 radical (unpaired) electrons. The maximum Gasteiger partial charge on any atom is 0.255 e. The molecular weight excluding hydrogens is 555 g/mol. The number of nitrogens with one attached hydrogen (secondary N) is 2. The second kappa shape index (κ2) is 11.2. The molecule has 0 saturated heterocycles. The summed E-state index contributed by atoms with van der Waals surface area (Å²) in [5, 5.41) is 6.39. The third kappa shape index (κ3) is 5.33. The first kappa shape index (κ1) is 26.8. The number of rotatable bonds is 6. The van der Waals surface area contributed by atoms with Gasteiger partial charge in [0.15, 0.2) is 0 Å². The number of carbonyl (C=O) groups is 2. The van der Waals surface area contributed by atoms with E-state index in [1.54, 1.807) is 85.1 Å². The van der Waals surface area contributed by atoms with Crippen LogP contribution in [0.4, 0.5) is 21.7 Å². The number of nitrogens with two attached hydrogens (primary N) is 1. The van der Waals surface area contributed by atoms with Crippen LogP contribution in [-0.4, -0.2) is 27.5 Å². The lowest BCUT2D eigenvalue weighted by Gasteiger charge is -2.13. The van der Waals surface area contributed by atoms with Crippen LogP contribution >= 0.6 is 11.6 Å². The highest BCUT2D eigenvalue weighted by Gasteiger charge is 2.23. The second-order valence-electron chi connectivity index (χ2n) is 9.47. The first-order valence-corrected chi connectivity index (χ1v) is 13.3. The normalized spacial score (nSPS) is 11.9. The zero-order valence-electron chi connectivity index (χ0n) is 21.9. The van der Waals surface area contributed by atoms with E-state index in [0.29, 0.717) is 50.4 Å². The molecule has 0 bridgehead atoms. The van der Waals surface area contributed by atoms with Crippen LogP contribution in [0.25, 0.3) is 11.3 Å². The molecule has 42 heavy (non-hydrogen) atoms. The summed E-state index contributed by atoms with van der Waals surface area (Å²) >= 11 is 6.35. The molecule has 206 valence electrons. The zero-order chi connectivity index (χ0) is 29.2. The standard InChI is InChI=1S/C32H22ClFN6O2/c33-20-11-14-22-25(15-20)29(23-5-1-3-7-26(23)34)36-16-19-17-37-32(40-28(19)22)38-21-12-9-18(10-13-21)31(42)39-27-8-4-2-6-24(27)30(35)41/h1-15,17H,16H2,(H2,35,41)(H,39,42)(H,37,38,40). The molecule has 0 fully saturated rings. The van der Waals surface area contributed by atoms with E-state index in [4.69, 9.17) is 27.3 Å². The van der Waals surface area contributed by atoms with Crippen molar-refractivity contribution in [3.8, 4) is 11.3 Å². The van der Waals surface area contributed by atoms with E-state index in [9.17, 15) is 14.0 Å². The van der Waals surface area contributed by atoms with Crippen LogP contribution in [-0.2, 0) is 6.54 Å². The number of fused-ring (bicyclic) bond motifs is 3. The van der Waals surface area contributed by atoms with Crippen molar-refractivity contribution in [3.63, 3.8) is 0 Å². The van der Waals surface area contributed by atoms with E-state index >= 15 is 0 Å². The highest BCUT2D eigenvalue weighted by Crippen LogP contribution is 2.34. The van der Waals surface area contributed by atoms with Gasteiger partial charge in [0.1, 0.15) is 5.82 Å². The maximum absolute atomic E-state index is 14.8. The highest BCUT2D eigenvalue weighted by molar-refractivity contribution is 6.31. The average molecular weight is 577 g/mol. The molecule has 0 aliphatic carbocycles. The van der Waals surface area contributed by atoms with Gasteiger partial charge in [0, 0.05) is 44.7 Å². The van der Waals surface area contributed by atoms with Crippen LogP contribution in [0.2, 0.25) is 5.02 Å². The van der Waals surface area contributed by atoms with Gasteiger partial charge in [0.25, 0.3) is 11.8 Å². The Hall–Kier alpha value is -5.41. The first-order chi connectivity index (χ1) is 20.4. The van der Waals surface area contributed by atoms with Gasteiger partial charge in [0.05, 0.1) is 29.2 Å². The Morgan fingerprint density at radius 1 is 0.881 bits per heavy atom. The van der Waals surface area contributed by atoms with Crippen LogP contribution in [0.1, 0.15) is 37.4 Å². The molecule has 1 aromatic heterocycles. The van der Waals surface area contributed by atoms with E-state index in [1.807, 2.05) is 6.07 Å². The lowest BCUT2D eigenvalue weighted by Crippen LogP contribution is -2.18. The number of hydrogen-bond donors (Lipinski definition) is 3. The minimum absolute atomic E-state index is 0.222. The van der Waals surface area contributed by atoms with Gasteiger partial charge in [0.2, 0.25) is 5.95 Å². The lowest BCUT2D eigenvalue weighted by atomic mass is 9.95. The third-order valence-electron chi connectivity index (χ3n) is 6.74. The molecular formula is C32H22ClFN6O2. The molecule has 0 spiro atoms. The van der Waals surface area contributed by atoms with Crippen LogP contribution in [0.15, 0.2) is 102 Å². The molecule has 0 unspecified atom stereocenters. The lowest BCUT2D eigenvalue weighted by molar-refractivity contribution is 0.100. The molecule has 0 saturated carbocycles. The number of primary amides is 1. The largest absolute Gasteiger partial charge is 0.366 e. The fraction of sp³-hybridized carbons (Fsp3) is 0.0312. The summed E-state index contributed by atoms with van der Waals surface area (Å²) in [6.07, 6.45) is 1.69. The Morgan fingerprint density at radius 2 is 1.64 bits per heavy atom. The minimum atomic E-state index is -0.632. The Labute approximate surface area is 245 Å². The third-order valence-corrected chi connectivity index (χ3v) is 6.97. The predicted octanol–water partition coefficient (Wildman–Crippen LogP) is 6.38. The molecule has 4 N–H and O–H groups in total. The van der Waals surface area contributed by atoms with Gasteiger partial charge in [-0.1, -0.05) is 41.9 Å². The quantitative estimate of drug-likeness (QED) is 0.216. The van der Waals surface area contributed by atoms with E-state index in [2.05, 4.69) is 15.6 Å². The number of para-hydroxylation sites is 1. The van der Waals surface area contributed by atoms with Crippen LogP contribution in [0.5, 0.6) is 0 Å². The molecule has 8 nitrogen and oxygen atoms in total. The van der Waals surface area contributed by atoms with Crippen molar-refractivity contribution in [2.45, 2.75) is 6.54 Å². The summed E-state index contributed by atoms with van der Waals surface area (Å²) in [5.74, 6) is -1.07. The van der Waals surface area contributed by atoms with Crippen molar-refractivity contribution in [2.24, 2.45) is 10.7 Å². The van der Waals surface area contributed by atoms with E-state index in [0.717, 1.165) is 11.1 Å².